The normalized spacial score (nSPS) is 11.6. The van der Waals surface area contributed by atoms with Crippen LogP contribution in [0.15, 0.2) is 35.3 Å². The van der Waals surface area contributed by atoms with Gasteiger partial charge in [0, 0.05) is 16.1 Å². The first kappa shape index (κ1) is 13.6. The summed E-state index contributed by atoms with van der Waals surface area (Å²) in [5, 5.41) is 0. The van der Waals surface area contributed by atoms with Crippen molar-refractivity contribution < 1.29 is 4.39 Å². The molecule has 2 N–H and O–H groups in total. The first-order valence-corrected chi connectivity index (χ1v) is 4.76. The van der Waals surface area contributed by atoms with Gasteiger partial charge in [-0.05, 0) is 18.6 Å². The molecule has 0 aliphatic rings. The van der Waals surface area contributed by atoms with Gasteiger partial charge >= 0.3 is 0 Å². The maximum absolute atomic E-state index is 13.3. The Kier molecular flexibility index (Phi) is 6.00. The number of nitrogens with two attached hydrogens (primary N) is 1. The molecule has 1 aromatic rings. The predicted molar refractivity (Wildman–Crippen MR) is 63.1 cm³/mol. The molecule has 1 atom stereocenters. The van der Waals surface area contributed by atoms with Crippen molar-refractivity contribution >= 4 is 28.3 Å². The average molecular weight is 281 g/mol. The van der Waals surface area contributed by atoms with Crippen molar-refractivity contribution in [3.8, 4) is 0 Å². The van der Waals surface area contributed by atoms with Crippen LogP contribution in [0.4, 0.5) is 4.39 Å². The topological polar surface area (TPSA) is 26.0 Å². The first-order chi connectivity index (χ1) is 6.16. The quantitative estimate of drug-likeness (QED) is 0.841. The van der Waals surface area contributed by atoms with Crippen molar-refractivity contribution in [3.05, 3.63) is 46.7 Å². The average Bonchev–Trinajstić information content (AvgIpc) is 2.04. The molecule has 0 unspecified atom stereocenters. The van der Waals surface area contributed by atoms with Gasteiger partial charge in [-0.2, -0.15) is 0 Å². The molecule has 4 heteroatoms. The molecule has 0 heterocycles. The van der Waals surface area contributed by atoms with Crippen molar-refractivity contribution in [2.45, 2.75) is 12.5 Å². The van der Waals surface area contributed by atoms with E-state index in [0.29, 0.717) is 16.5 Å². The van der Waals surface area contributed by atoms with E-state index >= 15 is 0 Å². The second-order valence-corrected chi connectivity index (χ2v) is 3.62. The molecule has 78 valence electrons. The lowest BCUT2D eigenvalue weighted by molar-refractivity contribution is 0.581. The van der Waals surface area contributed by atoms with Gasteiger partial charge in [-0.3, -0.25) is 0 Å². The fraction of sp³-hybridized carbons (Fsp3) is 0.200. The summed E-state index contributed by atoms with van der Waals surface area (Å²) in [5.74, 6) is -0.274. The zero-order chi connectivity index (χ0) is 9.84. The van der Waals surface area contributed by atoms with E-state index in [9.17, 15) is 4.39 Å². The summed E-state index contributed by atoms with van der Waals surface area (Å²) in [5.41, 5.74) is 6.28. The van der Waals surface area contributed by atoms with Gasteiger partial charge in [0.1, 0.15) is 5.82 Å². The molecule has 1 rings (SSSR count). The monoisotopic (exact) mass is 279 g/mol. The van der Waals surface area contributed by atoms with Crippen LogP contribution in [-0.4, -0.2) is 0 Å². The number of rotatable bonds is 3. The number of benzene rings is 1. The Morgan fingerprint density at radius 2 is 2.21 bits per heavy atom. The molecule has 0 saturated heterocycles. The van der Waals surface area contributed by atoms with E-state index in [4.69, 9.17) is 5.73 Å². The van der Waals surface area contributed by atoms with Gasteiger partial charge in [-0.1, -0.05) is 28.1 Å². The highest BCUT2D eigenvalue weighted by molar-refractivity contribution is 9.10. The van der Waals surface area contributed by atoms with Gasteiger partial charge in [-0.25, -0.2) is 4.39 Å². The van der Waals surface area contributed by atoms with Crippen molar-refractivity contribution in [2.24, 2.45) is 5.73 Å². The third-order valence-corrected chi connectivity index (χ3v) is 2.48. The molecule has 0 spiro atoms. The molecular weight excluding hydrogens is 268 g/mol. The van der Waals surface area contributed by atoms with Gasteiger partial charge in [0.2, 0.25) is 0 Å². The lowest BCUT2D eigenvalue weighted by Gasteiger charge is -2.12. The molecule has 0 aliphatic carbocycles. The smallest absolute Gasteiger partial charge is 0.129 e. The van der Waals surface area contributed by atoms with Crippen LogP contribution in [-0.2, 0) is 0 Å². The summed E-state index contributed by atoms with van der Waals surface area (Å²) in [6.45, 7) is 3.57. The molecule has 0 saturated carbocycles. The van der Waals surface area contributed by atoms with Crippen LogP contribution in [0.25, 0.3) is 0 Å². The summed E-state index contributed by atoms with van der Waals surface area (Å²) >= 11 is 3.26. The van der Waals surface area contributed by atoms with E-state index < -0.39 is 0 Å². The van der Waals surface area contributed by atoms with Crippen LogP contribution in [0.5, 0.6) is 0 Å². The third-order valence-electron chi connectivity index (χ3n) is 1.79. The molecule has 0 aromatic heterocycles. The minimum absolute atomic E-state index is 0. The van der Waals surface area contributed by atoms with Crippen molar-refractivity contribution in [2.75, 3.05) is 0 Å². The summed E-state index contributed by atoms with van der Waals surface area (Å²) in [7, 11) is 0. The van der Waals surface area contributed by atoms with E-state index in [-0.39, 0.29) is 24.3 Å². The van der Waals surface area contributed by atoms with Crippen LogP contribution < -0.4 is 5.73 Å². The van der Waals surface area contributed by atoms with E-state index in [0.717, 1.165) is 0 Å². The molecule has 0 bridgehead atoms. The largest absolute Gasteiger partial charge is 0.324 e. The molecule has 1 aromatic carbocycles. The Balaban J connectivity index is 0.00000169. The zero-order valence-electron chi connectivity index (χ0n) is 7.54. The highest BCUT2D eigenvalue weighted by atomic mass is 79.9. The van der Waals surface area contributed by atoms with Crippen molar-refractivity contribution in [3.63, 3.8) is 0 Å². The SMILES string of the molecule is C=CC[C@H](N)c1c(F)cccc1Br.Cl. The van der Waals surface area contributed by atoms with Crippen LogP contribution in [0.2, 0.25) is 0 Å². The highest BCUT2D eigenvalue weighted by Gasteiger charge is 2.12. The fourth-order valence-electron chi connectivity index (χ4n) is 1.16. The number of hydrogen-bond donors (Lipinski definition) is 1. The predicted octanol–water partition coefficient (Wildman–Crippen LogP) is 3.59. The van der Waals surface area contributed by atoms with Gasteiger partial charge < -0.3 is 5.73 Å². The summed E-state index contributed by atoms with van der Waals surface area (Å²) in [4.78, 5) is 0. The maximum Gasteiger partial charge on any atom is 0.129 e. The molecule has 0 amide bonds. The van der Waals surface area contributed by atoms with Crippen LogP contribution in [0, 0.1) is 5.82 Å². The molecule has 1 nitrogen and oxygen atoms in total. The second kappa shape index (κ2) is 6.17. The molecular formula is C10H12BrClFN. The summed E-state index contributed by atoms with van der Waals surface area (Å²) in [6, 6.07) is 4.50. The summed E-state index contributed by atoms with van der Waals surface area (Å²) in [6.07, 6.45) is 2.25. The van der Waals surface area contributed by atoms with E-state index in [1.54, 1.807) is 18.2 Å². The van der Waals surface area contributed by atoms with E-state index in [2.05, 4.69) is 22.5 Å². The van der Waals surface area contributed by atoms with E-state index in [1.165, 1.54) is 6.07 Å². The molecule has 0 radical (unpaired) electrons. The Bertz CT molecular complexity index is 297. The highest BCUT2D eigenvalue weighted by Crippen LogP contribution is 2.26. The molecule has 0 fully saturated rings. The first-order valence-electron chi connectivity index (χ1n) is 3.97. The Labute approximate surface area is 97.7 Å². The lowest BCUT2D eigenvalue weighted by atomic mass is 10.0. The lowest BCUT2D eigenvalue weighted by Crippen LogP contribution is -2.11. The second-order valence-electron chi connectivity index (χ2n) is 2.77. The fourth-order valence-corrected chi connectivity index (χ4v) is 1.80. The van der Waals surface area contributed by atoms with Gasteiger partial charge in [0.15, 0.2) is 0 Å². The van der Waals surface area contributed by atoms with Gasteiger partial charge in [0.05, 0.1) is 0 Å². The minimum Gasteiger partial charge on any atom is -0.324 e. The van der Waals surface area contributed by atoms with Crippen LogP contribution >= 0.6 is 28.3 Å². The van der Waals surface area contributed by atoms with Crippen LogP contribution in [0.3, 0.4) is 0 Å². The van der Waals surface area contributed by atoms with Crippen LogP contribution in [0.1, 0.15) is 18.0 Å². The minimum atomic E-state index is -0.326. The van der Waals surface area contributed by atoms with Crippen molar-refractivity contribution in [1.82, 2.24) is 0 Å². The number of hydrogen-bond acceptors (Lipinski definition) is 1. The Morgan fingerprint density at radius 3 is 2.71 bits per heavy atom. The number of halogens is 3. The van der Waals surface area contributed by atoms with Gasteiger partial charge in [-0.15, -0.1) is 19.0 Å². The Morgan fingerprint density at radius 1 is 1.57 bits per heavy atom. The summed E-state index contributed by atoms with van der Waals surface area (Å²) < 4.78 is 14.0. The zero-order valence-corrected chi connectivity index (χ0v) is 9.94. The Hall–Kier alpha value is -0.380. The molecule has 14 heavy (non-hydrogen) atoms. The molecule has 0 aliphatic heterocycles. The van der Waals surface area contributed by atoms with E-state index in [1.807, 2.05) is 0 Å². The standard InChI is InChI=1S/C10H11BrFN.ClH/c1-2-4-9(13)10-7(11)5-3-6-8(10)12;/h2-3,5-6,9H,1,4,13H2;1H/t9-;/m0./s1. The maximum atomic E-state index is 13.3. The van der Waals surface area contributed by atoms with Gasteiger partial charge in [0.25, 0.3) is 0 Å². The third kappa shape index (κ3) is 3.08. The van der Waals surface area contributed by atoms with Crippen molar-refractivity contribution in [1.29, 1.82) is 0 Å².